The van der Waals surface area contributed by atoms with Gasteiger partial charge < -0.3 is 10.1 Å². The summed E-state index contributed by atoms with van der Waals surface area (Å²) < 4.78 is 7.32. The van der Waals surface area contributed by atoms with Gasteiger partial charge in [0.05, 0.1) is 0 Å². The first-order chi connectivity index (χ1) is 14.6. The topological polar surface area (TPSA) is 81.4 Å². The van der Waals surface area contributed by atoms with Gasteiger partial charge in [-0.2, -0.15) is 14.6 Å². The number of carbonyl (C=O) groups is 1. The summed E-state index contributed by atoms with van der Waals surface area (Å²) in [6.45, 7) is 3.97. The van der Waals surface area contributed by atoms with E-state index in [1.165, 1.54) is 6.33 Å². The molecule has 1 N–H and O–H groups in total. The molecule has 0 aliphatic rings. The number of hydrogen-bond donors (Lipinski definition) is 1. The van der Waals surface area contributed by atoms with Gasteiger partial charge in [-0.1, -0.05) is 36.9 Å². The number of anilines is 1. The van der Waals surface area contributed by atoms with Crippen molar-refractivity contribution in [3.05, 3.63) is 72.2 Å². The van der Waals surface area contributed by atoms with Crippen LogP contribution >= 0.6 is 11.8 Å². The number of ether oxygens (including phenoxy) is 1. The first kappa shape index (κ1) is 19.9. The molecule has 0 bridgehead atoms. The monoisotopic (exact) mass is 419 g/mol. The average molecular weight is 420 g/mol. The SMILES string of the molecule is CCc1cc(Sc2ccc(NC(=O)COc3ccccc3C)cc2)n2ncnc2n1. The minimum atomic E-state index is -0.204. The lowest BCUT2D eigenvalue weighted by molar-refractivity contribution is -0.118. The fourth-order valence-corrected chi connectivity index (χ4v) is 3.80. The van der Waals surface area contributed by atoms with Crippen molar-refractivity contribution in [1.29, 1.82) is 0 Å². The number of hydrogen-bond acceptors (Lipinski definition) is 6. The maximum absolute atomic E-state index is 12.2. The lowest BCUT2D eigenvalue weighted by Crippen LogP contribution is -2.20. The first-order valence-corrected chi connectivity index (χ1v) is 10.4. The van der Waals surface area contributed by atoms with Crippen molar-refractivity contribution in [2.75, 3.05) is 11.9 Å². The summed E-state index contributed by atoms with van der Waals surface area (Å²) in [4.78, 5) is 21.9. The fraction of sp³-hybridized carbons (Fsp3) is 0.182. The van der Waals surface area contributed by atoms with Crippen LogP contribution in [0.3, 0.4) is 0 Å². The predicted molar refractivity (Wildman–Crippen MR) is 116 cm³/mol. The van der Waals surface area contributed by atoms with Gasteiger partial charge >= 0.3 is 0 Å². The van der Waals surface area contributed by atoms with E-state index in [1.54, 1.807) is 16.3 Å². The standard InChI is InChI=1S/C22H21N5O2S/c1-3-16-12-21(27-22(26-16)23-14-24-27)30-18-10-8-17(9-11-18)25-20(28)13-29-19-7-5-4-6-15(19)2/h4-12,14H,3,13H2,1-2H3,(H,25,28). The van der Waals surface area contributed by atoms with Crippen LogP contribution in [0.25, 0.3) is 5.78 Å². The van der Waals surface area contributed by atoms with Crippen molar-refractivity contribution in [2.45, 2.75) is 30.2 Å². The van der Waals surface area contributed by atoms with Gasteiger partial charge in [-0.25, -0.2) is 4.98 Å². The molecule has 0 aliphatic carbocycles. The Kier molecular flexibility index (Phi) is 5.94. The summed E-state index contributed by atoms with van der Waals surface area (Å²) in [6.07, 6.45) is 2.33. The molecule has 0 atom stereocenters. The molecule has 0 spiro atoms. The molecule has 8 heteroatoms. The number of fused-ring (bicyclic) bond motifs is 1. The third kappa shape index (κ3) is 4.60. The van der Waals surface area contributed by atoms with Crippen LogP contribution in [0.4, 0.5) is 5.69 Å². The minimum absolute atomic E-state index is 0.0392. The molecule has 0 saturated heterocycles. The summed E-state index contributed by atoms with van der Waals surface area (Å²) in [5.41, 5.74) is 2.68. The van der Waals surface area contributed by atoms with Gasteiger partial charge in [0.25, 0.3) is 11.7 Å². The molecule has 0 radical (unpaired) electrons. The van der Waals surface area contributed by atoms with E-state index in [1.807, 2.05) is 61.5 Å². The van der Waals surface area contributed by atoms with Crippen LogP contribution in [0.1, 0.15) is 18.2 Å². The van der Waals surface area contributed by atoms with Crippen molar-refractivity contribution < 1.29 is 9.53 Å². The van der Waals surface area contributed by atoms with Crippen molar-refractivity contribution in [1.82, 2.24) is 19.6 Å². The van der Waals surface area contributed by atoms with Gasteiger partial charge in [0.15, 0.2) is 6.61 Å². The molecule has 0 aliphatic heterocycles. The summed E-state index contributed by atoms with van der Waals surface area (Å²) >= 11 is 1.57. The molecule has 7 nitrogen and oxygen atoms in total. The Bertz CT molecular complexity index is 1170. The molecule has 2 aromatic heterocycles. The quantitative estimate of drug-likeness (QED) is 0.453. The van der Waals surface area contributed by atoms with Crippen LogP contribution in [0, 0.1) is 6.92 Å². The molecule has 0 saturated carbocycles. The number of nitrogens with one attached hydrogen (secondary N) is 1. The Morgan fingerprint density at radius 3 is 2.73 bits per heavy atom. The number of rotatable bonds is 7. The van der Waals surface area contributed by atoms with Crippen molar-refractivity contribution >= 4 is 29.1 Å². The Balaban J connectivity index is 1.39. The van der Waals surface area contributed by atoms with Gasteiger partial charge in [0, 0.05) is 16.3 Å². The number of para-hydroxylation sites is 1. The van der Waals surface area contributed by atoms with E-state index in [0.717, 1.165) is 27.6 Å². The number of aromatic nitrogens is 4. The highest BCUT2D eigenvalue weighted by atomic mass is 32.2. The van der Waals surface area contributed by atoms with Gasteiger partial charge in [-0.15, -0.1) is 0 Å². The summed E-state index contributed by atoms with van der Waals surface area (Å²) in [6, 6.07) is 17.3. The highest BCUT2D eigenvalue weighted by Gasteiger charge is 2.09. The van der Waals surface area contributed by atoms with E-state index < -0.39 is 0 Å². The third-order valence-corrected chi connectivity index (χ3v) is 5.46. The molecule has 4 rings (SSSR count). The zero-order chi connectivity index (χ0) is 20.9. The van der Waals surface area contributed by atoms with Gasteiger partial charge in [-0.05, 0) is 55.3 Å². The lowest BCUT2D eigenvalue weighted by atomic mass is 10.2. The Morgan fingerprint density at radius 1 is 1.17 bits per heavy atom. The number of carbonyl (C=O) groups excluding carboxylic acids is 1. The normalized spacial score (nSPS) is 10.9. The lowest BCUT2D eigenvalue weighted by Gasteiger charge is -2.10. The smallest absolute Gasteiger partial charge is 0.262 e. The molecular formula is C22H21N5O2S. The molecule has 2 aromatic carbocycles. The molecule has 1 amide bonds. The van der Waals surface area contributed by atoms with Gasteiger partial charge in [0.1, 0.15) is 17.1 Å². The molecule has 0 unspecified atom stereocenters. The summed E-state index contributed by atoms with van der Waals surface area (Å²) in [7, 11) is 0. The van der Waals surface area contributed by atoms with E-state index >= 15 is 0 Å². The second kappa shape index (κ2) is 8.96. The van der Waals surface area contributed by atoms with Gasteiger partial charge in [0.2, 0.25) is 0 Å². The van der Waals surface area contributed by atoms with E-state index in [-0.39, 0.29) is 12.5 Å². The van der Waals surface area contributed by atoms with Crippen LogP contribution in [0.15, 0.2) is 70.8 Å². The van der Waals surface area contributed by atoms with E-state index in [2.05, 4.69) is 27.3 Å². The van der Waals surface area contributed by atoms with Crippen molar-refractivity contribution in [3.63, 3.8) is 0 Å². The Labute approximate surface area is 178 Å². The van der Waals surface area contributed by atoms with Crippen LogP contribution in [-0.2, 0) is 11.2 Å². The second-order valence-electron chi connectivity index (χ2n) is 6.64. The van der Waals surface area contributed by atoms with Crippen LogP contribution in [-0.4, -0.2) is 32.1 Å². The van der Waals surface area contributed by atoms with Crippen LogP contribution < -0.4 is 10.1 Å². The summed E-state index contributed by atoms with van der Waals surface area (Å²) in [5, 5.41) is 8.05. The predicted octanol–water partition coefficient (Wildman–Crippen LogP) is 4.16. The van der Waals surface area contributed by atoms with Crippen molar-refractivity contribution in [2.24, 2.45) is 0 Å². The third-order valence-electron chi connectivity index (χ3n) is 4.45. The minimum Gasteiger partial charge on any atom is -0.483 e. The first-order valence-electron chi connectivity index (χ1n) is 9.58. The Morgan fingerprint density at radius 2 is 1.97 bits per heavy atom. The second-order valence-corrected chi connectivity index (χ2v) is 7.73. The molecule has 30 heavy (non-hydrogen) atoms. The maximum Gasteiger partial charge on any atom is 0.262 e. The highest BCUT2D eigenvalue weighted by molar-refractivity contribution is 7.99. The van der Waals surface area contributed by atoms with Crippen LogP contribution in [0.2, 0.25) is 0 Å². The molecule has 152 valence electrons. The Hall–Kier alpha value is -3.39. The highest BCUT2D eigenvalue weighted by Crippen LogP contribution is 2.29. The van der Waals surface area contributed by atoms with Crippen molar-refractivity contribution in [3.8, 4) is 5.75 Å². The number of nitrogens with zero attached hydrogens (tertiary/aromatic N) is 4. The summed E-state index contributed by atoms with van der Waals surface area (Å²) in [5.74, 6) is 1.10. The zero-order valence-electron chi connectivity index (χ0n) is 16.7. The van der Waals surface area contributed by atoms with Gasteiger partial charge in [-0.3, -0.25) is 4.79 Å². The zero-order valence-corrected chi connectivity index (χ0v) is 17.5. The number of aryl methyl sites for hydroxylation is 2. The number of amides is 1. The molecule has 4 aromatic rings. The number of benzene rings is 2. The molecule has 2 heterocycles. The van der Waals surface area contributed by atoms with E-state index in [9.17, 15) is 4.79 Å². The average Bonchev–Trinajstić information content (AvgIpc) is 3.23. The largest absolute Gasteiger partial charge is 0.483 e. The van der Waals surface area contributed by atoms with Crippen LogP contribution in [0.5, 0.6) is 5.75 Å². The molecule has 0 fully saturated rings. The van der Waals surface area contributed by atoms with E-state index in [4.69, 9.17) is 4.74 Å². The van der Waals surface area contributed by atoms with E-state index in [0.29, 0.717) is 17.2 Å². The maximum atomic E-state index is 12.2. The molecular weight excluding hydrogens is 398 g/mol. The fourth-order valence-electron chi connectivity index (χ4n) is 2.87.